The second kappa shape index (κ2) is 4.61. The van der Waals surface area contributed by atoms with Gasteiger partial charge in [-0.3, -0.25) is 0 Å². The number of rotatable bonds is 3. The van der Waals surface area contributed by atoms with E-state index in [-0.39, 0.29) is 0 Å². The summed E-state index contributed by atoms with van der Waals surface area (Å²) < 4.78 is 1.83. The summed E-state index contributed by atoms with van der Waals surface area (Å²) in [5, 5.41) is 7.68. The summed E-state index contributed by atoms with van der Waals surface area (Å²) in [6.45, 7) is 2.67. The number of anilines is 2. The Bertz CT molecular complexity index is 699. The molecule has 0 saturated carbocycles. The number of aromatic nitrogens is 3. The highest BCUT2D eigenvalue weighted by Crippen LogP contribution is 2.16. The summed E-state index contributed by atoms with van der Waals surface area (Å²) >= 11 is 0. The van der Waals surface area contributed by atoms with Crippen LogP contribution in [-0.4, -0.2) is 14.6 Å². The number of nitrogens with two attached hydrogens (primary N) is 1. The van der Waals surface area contributed by atoms with E-state index < -0.39 is 0 Å². The molecule has 5 nitrogen and oxygen atoms in total. The van der Waals surface area contributed by atoms with Crippen LogP contribution >= 0.6 is 0 Å². The average molecular weight is 253 g/mol. The normalized spacial score (nSPS) is 10.8. The van der Waals surface area contributed by atoms with Crippen molar-refractivity contribution in [3.8, 4) is 0 Å². The van der Waals surface area contributed by atoms with Crippen molar-refractivity contribution in [3.63, 3.8) is 0 Å². The van der Waals surface area contributed by atoms with Gasteiger partial charge in [-0.15, -0.1) is 0 Å². The molecule has 0 amide bonds. The number of nitrogens with zero attached hydrogens (tertiary/aromatic N) is 3. The fourth-order valence-electron chi connectivity index (χ4n) is 2.00. The van der Waals surface area contributed by atoms with Crippen molar-refractivity contribution in [2.75, 3.05) is 11.1 Å². The highest BCUT2D eigenvalue weighted by atomic mass is 15.2. The van der Waals surface area contributed by atoms with Crippen molar-refractivity contribution in [1.29, 1.82) is 0 Å². The smallest absolute Gasteiger partial charge is 0.152 e. The quantitative estimate of drug-likeness (QED) is 0.702. The van der Waals surface area contributed by atoms with E-state index in [0.29, 0.717) is 6.54 Å². The third kappa shape index (κ3) is 2.35. The average Bonchev–Trinajstić information content (AvgIpc) is 2.79. The van der Waals surface area contributed by atoms with Gasteiger partial charge in [0.15, 0.2) is 5.82 Å². The minimum Gasteiger partial charge on any atom is -0.399 e. The molecule has 0 spiro atoms. The Balaban J connectivity index is 1.83. The number of hydrogen-bond acceptors (Lipinski definition) is 4. The maximum absolute atomic E-state index is 5.67. The Morgan fingerprint density at radius 2 is 2.05 bits per heavy atom. The number of nitrogen functional groups attached to an aromatic ring is 1. The maximum Gasteiger partial charge on any atom is 0.152 e. The van der Waals surface area contributed by atoms with Crippen molar-refractivity contribution in [1.82, 2.24) is 14.6 Å². The lowest BCUT2D eigenvalue weighted by molar-refractivity contribution is 0.920. The number of benzene rings is 1. The molecular weight excluding hydrogens is 238 g/mol. The maximum atomic E-state index is 5.67. The van der Waals surface area contributed by atoms with Gasteiger partial charge < -0.3 is 11.1 Å². The van der Waals surface area contributed by atoms with Crippen molar-refractivity contribution in [3.05, 3.63) is 54.0 Å². The fourth-order valence-corrected chi connectivity index (χ4v) is 2.00. The third-order valence-electron chi connectivity index (χ3n) is 2.95. The van der Waals surface area contributed by atoms with Crippen LogP contribution in [0.25, 0.3) is 5.52 Å². The van der Waals surface area contributed by atoms with Gasteiger partial charge in [-0.2, -0.15) is 5.10 Å². The molecule has 0 atom stereocenters. The van der Waals surface area contributed by atoms with Crippen LogP contribution < -0.4 is 11.1 Å². The first-order chi connectivity index (χ1) is 9.22. The first kappa shape index (κ1) is 11.5. The highest BCUT2D eigenvalue weighted by Gasteiger charge is 2.04. The molecule has 3 N–H and O–H groups in total. The summed E-state index contributed by atoms with van der Waals surface area (Å²) in [6.07, 6.45) is 3.58. The van der Waals surface area contributed by atoms with E-state index in [1.807, 2.05) is 48.0 Å². The summed E-state index contributed by atoms with van der Waals surface area (Å²) in [5.74, 6) is 0.833. The lowest BCUT2D eigenvalue weighted by Crippen LogP contribution is -2.03. The van der Waals surface area contributed by atoms with Crippen LogP contribution in [0.3, 0.4) is 0 Å². The van der Waals surface area contributed by atoms with Crippen LogP contribution in [0.5, 0.6) is 0 Å². The zero-order valence-electron chi connectivity index (χ0n) is 10.7. The second-order valence-corrected chi connectivity index (χ2v) is 4.49. The van der Waals surface area contributed by atoms with Gasteiger partial charge in [0.25, 0.3) is 0 Å². The Labute approximate surface area is 111 Å². The molecule has 19 heavy (non-hydrogen) atoms. The Hall–Kier alpha value is -2.56. The van der Waals surface area contributed by atoms with Gasteiger partial charge >= 0.3 is 0 Å². The first-order valence-electron chi connectivity index (χ1n) is 6.12. The van der Waals surface area contributed by atoms with E-state index >= 15 is 0 Å². The van der Waals surface area contributed by atoms with Gasteiger partial charge in [0.05, 0.1) is 5.69 Å². The van der Waals surface area contributed by atoms with E-state index in [2.05, 4.69) is 15.4 Å². The van der Waals surface area contributed by atoms with E-state index in [4.69, 9.17) is 5.73 Å². The lowest BCUT2D eigenvalue weighted by atomic mass is 10.2. The van der Waals surface area contributed by atoms with Gasteiger partial charge in [-0.05, 0) is 30.7 Å². The minimum atomic E-state index is 0.706. The van der Waals surface area contributed by atoms with Crippen LogP contribution in [0.1, 0.15) is 11.3 Å². The predicted molar refractivity (Wildman–Crippen MR) is 75.9 cm³/mol. The summed E-state index contributed by atoms with van der Waals surface area (Å²) in [4.78, 5) is 4.36. The van der Waals surface area contributed by atoms with E-state index in [9.17, 15) is 0 Å². The van der Waals surface area contributed by atoms with Crippen LogP contribution in [-0.2, 0) is 6.54 Å². The molecule has 0 aliphatic carbocycles. The molecular formula is C14H15N5. The Morgan fingerprint density at radius 3 is 2.84 bits per heavy atom. The zero-order valence-corrected chi connectivity index (χ0v) is 10.7. The zero-order chi connectivity index (χ0) is 13.2. The van der Waals surface area contributed by atoms with E-state index in [1.54, 1.807) is 6.20 Å². The number of hydrogen-bond donors (Lipinski definition) is 2. The largest absolute Gasteiger partial charge is 0.399 e. The fraction of sp³-hybridized carbons (Fsp3) is 0.143. The third-order valence-corrected chi connectivity index (χ3v) is 2.95. The first-order valence-corrected chi connectivity index (χ1v) is 6.12. The lowest BCUT2D eigenvalue weighted by Gasteiger charge is -2.07. The molecule has 3 rings (SSSR count). The standard InChI is InChI=1S/C14H15N5/c1-10-8-13-14(16-6-7-19(13)18-10)17-9-11-2-4-12(15)5-3-11/h2-8H,9,15H2,1H3,(H,16,17). The van der Waals surface area contributed by atoms with Crippen molar-refractivity contribution < 1.29 is 0 Å². The monoisotopic (exact) mass is 253 g/mol. The Kier molecular flexibility index (Phi) is 2.79. The second-order valence-electron chi connectivity index (χ2n) is 4.49. The van der Waals surface area contributed by atoms with E-state index in [1.165, 1.54) is 0 Å². The van der Waals surface area contributed by atoms with Crippen molar-refractivity contribution in [2.24, 2.45) is 0 Å². The molecule has 96 valence electrons. The topological polar surface area (TPSA) is 68.2 Å². The summed E-state index contributed by atoms with van der Waals surface area (Å²) in [5.41, 5.74) is 9.56. The SMILES string of the molecule is Cc1cc2c(NCc3ccc(N)cc3)nccn2n1. The summed E-state index contributed by atoms with van der Waals surface area (Å²) in [7, 11) is 0. The molecule has 0 aliphatic heterocycles. The Morgan fingerprint density at radius 1 is 1.26 bits per heavy atom. The van der Waals surface area contributed by atoms with Crippen LogP contribution in [0.2, 0.25) is 0 Å². The molecule has 1 aromatic carbocycles. The van der Waals surface area contributed by atoms with Crippen LogP contribution in [0.15, 0.2) is 42.7 Å². The van der Waals surface area contributed by atoms with Gasteiger partial charge in [-0.1, -0.05) is 12.1 Å². The molecule has 0 saturated heterocycles. The van der Waals surface area contributed by atoms with Gasteiger partial charge in [0.2, 0.25) is 0 Å². The predicted octanol–water partition coefficient (Wildman–Crippen LogP) is 2.23. The molecule has 0 aliphatic rings. The minimum absolute atomic E-state index is 0.706. The van der Waals surface area contributed by atoms with Crippen molar-refractivity contribution >= 4 is 17.0 Å². The number of fused-ring (bicyclic) bond motifs is 1. The molecule has 2 aromatic heterocycles. The van der Waals surface area contributed by atoms with Gasteiger partial charge in [0, 0.05) is 24.6 Å². The molecule has 0 bridgehead atoms. The highest BCUT2D eigenvalue weighted by molar-refractivity contribution is 5.67. The van der Waals surface area contributed by atoms with Crippen LogP contribution in [0.4, 0.5) is 11.5 Å². The van der Waals surface area contributed by atoms with Crippen LogP contribution in [0, 0.1) is 6.92 Å². The van der Waals surface area contributed by atoms with Gasteiger partial charge in [0.1, 0.15) is 5.52 Å². The molecule has 3 aromatic rings. The molecule has 5 heteroatoms. The molecule has 2 heterocycles. The summed E-state index contributed by atoms with van der Waals surface area (Å²) in [6, 6.07) is 9.81. The van der Waals surface area contributed by atoms with Gasteiger partial charge in [-0.25, -0.2) is 9.50 Å². The molecule has 0 unspecified atom stereocenters. The molecule has 0 radical (unpaired) electrons. The number of nitrogens with one attached hydrogen (secondary N) is 1. The molecule has 0 fully saturated rings. The van der Waals surface area contributed by atoms with Crippen molar-refractivity contribution in [2.45, 2.75) is 13.5 Å². The van der Waals surface area contributed by atoms with E-state index in [0.717, 1.165) is 28.3 Å². The number of aryl methyl sites for hydroxylation is 1.